The van der Waals surface area contributed by atoms with Crippen LogP contribution in [0, 0.1) is 219 Å². The summed E-state index contributed by atoms with van der Waals surface area (Å²) in [6, 6.07) is 0. The van der Waals surface area contributed by atoms with Crippen molar-refractivity contribution >= 4 is 0 Å². The molecule has 80 heavy (non-hydrogen) atoms. The van der Waals surface area contributed by atoms with Crippen LogP contribution in [0.3, 0.4) is 0 Å². The molecule has 0 heteroatoms. The monoisotopic (exact) mass is 1060 g/mol. The summed E-state index contributed by atoms with van der Waals surface area (Å²) in [5.41, 5.74) is 0. The highest BCUT2D eigenvalue weighted by Crippen LogP contribution is 2.68. The molecule has 0 saturated heterocycles. The van der Waals surface area contributed by atoms with Crippen molar-refractivity contribution in [2.75, 3.05) is 0 Å². The van der Waals surface area contributed by atoms with Gasteiger partial charge in [-0.25, -0.2) is 0 Å². The van der Waals surface area contributed by atoms with Crippen molar-refractivity contribution in [3.05, 3.63) is 170 Å². The van der Waals surface area contributed by atoms with Crippen LogP contribution in [0.15, 0.2) is 170 Å². The molecule has 37 unspecified atom stereocenters. The van der Waals surface area contributed by atoms with Gasteiger partial charge in [-0.2, -0.15) is 0 Å². The van der Waals surface area contributed by atoms with Crippen molar-refractivity contribution in [3.8, 4) is 0 Å². The molecule has 0 aromatic heterocycles. The Morgan fingerprint density at radius 1 is 0.175 bits per heavy atom. The van der Waals surface area contributed by atoms with Gasteiger partial charge in [0.15, 0.2) is 0 Å². The number of rotatable bonds is 0. The lowest BCUT2D eigenvalue weighted by molar-refractivity contribution is 0.238. The lowest BCUT2D eigenvalue weighted by Gasteiger charge is -2.29. The first-order chi connectivity index (χ1) is 39.2. The minimum absolute atomic E-state index is 0.847. The van der Waals surface area contributed by atoms with Crippen molar-refractivity contribution in [1.82, 2.24) is 0 Å². The van der Waals surface area contributed by atoms with Crippen molar-refractivity contribution in [2.24, 2.45) is 219 Å². The Hall–Kier alpha value is -3.64. The molecule has 9 fully saturated rings. The minimum atomic E-state index is 0.847. The molecule has 0 radical (unpaired) electrons. The standard InChI is InChI=1S/C15H18.5C11H14.C10H12/c1-3-10-5-8(1)12-7-13-9-2-4-11(6-9)15(13)14(10)12;5*1-7-2-5-10-8-3-4-9(6-8)11(7)10;1-2-9-7-4-5-8(6-7)10(9)3-1/h1-4,8-15H,5-7H2;5*2-5,7-11H,6H2,1H3;1-2,4-5,7-10H,3,6H2. The summed E-state index contributed by atoms with van der Waals surface area (Å²) in [7, 11) is 0. The molecule has 23 rings (SSSR count). The average Bonchev–Trinajstić information content (AvgIpc) is 4.35. The van der Waals surface area contributed by atoms with Gasteiger partial charge in [0.25, 0.3) is 0 Å². The van der Waals surface area contributed by atoms with E-state index in [0.29, 0.717) is 0 Å². The second-order valence-corrected chi connectivity index (χ2v) is 32.2. The molecule has 37 atom stereocenters. The maximum absolute atomic E-state index is 2.56. The Labute approximate surface area is 485 Å². The molecule has 16 bridgehead atoms. The summed E-state index contributed by atoms with van der Waals surface area (Å²) in [5, 5.41) is 0. The van der Waals surface area contributed by atoms with Gasteiger partial charge in [0.1, 0.15) is 0 Å². The molecule has 0 amide bonds. The van der Waals surface area contributed by atoms with E-state index >= 15 is 0 Å². The van der Waals surface area contributed by atoms with Crippen LogP contribution in [0.5, 0.6) is 0 Å². The van der Waals surface area contributed by atoms with Crippen molar-refractivity contribution < 1.29 is 0 Å². The second kappa shape index (κ2) is 19.7. The lowest BCUT2D eigenvalue weighted by atomic mass is 9.75. The summed E-state index contributed by atoms with van der Waals surface area (Å²) in [6.07, 6.45) is 83.4. The zero-order chi connectivity index (χ0) is 53.2. The summed E-state index contributed by atoms with van der Waals surface area (Å²) >= 11 is 0. The summed E-state index contributed by atoms with van der Waals surface area (Å²) in [6.45, 7) is 11.9. The second-order valence-electron chi connectivity index (χ2n) is 32.2. The third kappa shape index (κ3) is 8.02. The quantitative estimate of drug-likeness (QED) is 0.212. The van der Waals surface area contributed by atoms with Gasteiger partial charge in [0.05, 0.1) is 0 Å². The van der Waals surface area contributed by atoms with Crippen LogP contribution in [0.1, 0.15) is 98.8 Å². The fourth-order valence-corrected chi connectivity index (χ4v) is 25.7. The molecule has 0 aliphatic heterocycles. The van der Waals surface area contributed by atoms with Crippen LogP contribution in [0.4, 0.5) is 0 Å². The Balaban J connectivity index is 0.0000000750. The third-order valence-electron chi connectivity index (χ3n) is 29.0. The fourth-order valence-electron chi connectivity index (χ4n) is 25.7. The molecular formula is C80H100. The predicted molar refractivity (Wildman–Crippen MR) is 332 cm³/mol. The Bertz CT molecular complexity index is 2500. The van der Waals surface area contributed by atoms with Crippen LogP contribution >= 0.6 is 0 Å². The zero-order valence-corrected chi connectivity index (χ0v) is 49.6. The lowest BCUT2D eigenvalue weighted by Crippen LogP contribution is -2.24. The van der Waals surface area contributed by atoms with E-state index in [0.717, 1.165) is 219 Å². The smallest absolute Gasteiger partial charge is 0.0131 e. The van der Waals surface area contributed by atoms with Gasteiger partial charge in [0, 0.05) is 0 Å². The molecule has 420 valence electrons. The van der Waals surface area contributed by atoms with Crippen molar-refractivity contribution in [1.29, 1.82) is 0 Å². The minimum Gasteiger partial charge on any atom is -0.0879 e. The van der Waals surface area contributed by atoms with E-state index in [-0.39, 0.29) is 0 Å². The first-order valence-corrected chi connectivity index (χ1v) is 34.7. The van der Waals surface area contributed by atoms with Crippen molar-refractivity contribution in [2.45, 2.75) is 98.8 Å². The highest BCUT2D eigenvalue weighted by molar-refractivity contribution is 5.30. The first-order valence-electron chi connectivity index (χ1n) is 34.7. The van der Waals surface area contributed by atoms with Gasteiger partial charge >= 0.3 is 0 Å². The van der Waals surface area contributed by atoms with E-state index in [2.05, 4.69) is 205 Å². The molecular weight excluding hydrogens is 961 g/mol. The van der Waals surface area contributed by atoms with Crippen LogP contribution in [-0.2, 0) is 0 Å². The topological polar surface area (TPSA) is 0 Å². The Kier molecular flexibility index (Phi) is 12.5. The Morgan fingerprint density at radius 2 is 0.400 bits per heavy atom. The number of fused-ring (bicyclic) bond motifs is 41. The average molecular weight is 1060 g/mol. The largest absolute Gasteiger partial charge is 0.0879 e. The summed E-state index contributed by atoms with van der Waals surface area (Å²) in [5.74, 6) is 35.1. The molecule has 23 aliphatic carbocycles. The zero-order valence-electron chi connectivity index (χ0n) is 49.6. The number of hydrogen-bond donors (Lipinski definition) is 0. The normalized spacial score (nSPS) is 58.7. The number of hydrogen-bond acceptors (Lipinski definition) is 0. The number of allylic oxidation sites excluding steroid dienone is 28. The van der Waals surface area contributed by atoms with E-state index in [9.17, 15) is 0 Å². The first kappa shape index (κ1) is 50.8. The van der Waals surface area contributed by atoms with Gasteiger partial charge in [-0.05, 0) is 283 Å². The summed E-state index contributed by atoms with van der Waals surface area (Å²) in [4.78, 5) is 0. The molecule has 0 heterocycles. The SMILES string of the molecule is C1=CC2C3C=CC(C3)C2C1.C1=CC2CC1C1CC3C4C=CC(C4)C3C21.CC1C=CC2C3C=CC(C3)C12.CC1C=CC2C3C=CC(C3)C12.CC1C=CC2C3C=CC(C3)C12.CC1C=CC2C3C=CC(C3)C12.CC1C=CC2C3C=CC(C3)C12. The molecule has 0 aromatic rings. The van der Waals surface area contributed by atoms with E-state index in [1.54, 1.807) is 6.42 Å². The molecule has 0 nitrogen and oxygen atoms in total. The van der Waals surface area contributed by atoms with E-state index in [1.165, 1.54) is 57.8 Å². The van der Waals surface area contributed by atoms with E-state index < -0.39 is 0 Å². The van der Waals surface area contributed by atoms with Crippen LogP contribution in [0.2, 0.25) is 0 Å². The third-order valence-corrected chi connectivity index (χ3v) is 29.0. The van der Waals surface area contributed by atoms with Crippen LogP contribution in [0.25, 0.3) is 0 Å². The van der Waals surface area contributed by atoms with Crippen molar-refractivity contribution in [3.63, 3.8) is 0 Å². The predicted octanol–water partition coefficient (Wildman–Crippen LogP) is 18.8. The summed E-state index contributed by atoms with van der Waals surface area (Å²) < 4.78 is 0. The van der Waals surface area contributed by atoms with Gasteiger partial charge in [-0.15, -0.1) is 0 Å². The highest BCUT2D eigenvalue weighted by atomic mass is 14.7. The molecule has 0 aromatic carbocycles. The Morgan fingerprint density at radius 3 is 0.688 bits per heavy atom. The molecule has 23 aliphatic rings. The maximum Gasteiger partial charge on any atom is -0.0131 e. The van der Waals surface area contributed by atoms with E-state index in [4.69, 9.17) is 0 Å². The molecule has 0 N–H and O–H groups in total. The van der Waals surface area contributed by atoms with Gasteiger partial charge in [-0.1, -0.05) is 205 Å². The van der Waals surface area contributed by atoms with Gasteiger partial charge in [-0.3, -0.25) is 0 Å². The molecule has 9 saturated carbocycles. The van der Waals surface area contributed by atoms with Gasteiger partial charge < -0.3 is 0 Å². The van der Waals surface area contributed by atoms with Crippen LogP contribution in [-0.4, -0.2) is 0 Å². The van der Waals surface area contributed by atoms with Gasteiger partial charge in [0.2, 0.25) is 0 Å². The molecule has 0 spiro atoms. The fraction of sp³-hybridized carbons (Fsp3) is 0.650. The van der Waals surface area contributed by atoms with E-state index in [1.807, 2.05) is 0 Å². The van der Waals surface area contributed by atoms with Crippen LogP contribution < -0.4 is 0 Å². The highest BCUT2D eigenvalue weighted by Gasteiger charge is 2.61. The maximum atomic E-state index is 2.56.